The SMILES string of the molecule is [B][n+]1cc(CO)ccc1CO. The second kappa shape index (κ2) is 3.50. The number of hydrogen-bond donors (Lipinski definition) is 2. The molecule has 0 aliphatic carbocycles. The molecule has 1 heterocycles. The zero-order chi connectivity index (χ0) is 8.27. The predicted octanol–water partition coefficient (Wildman–Crippen LogP) is -1.11. The van der Waals surface area contributed by atoms with Crippen LogP contribution in [0, 0.1) is 0 Å². The van der Waals surface area contributed by atoms with Crippen molar-refractivity contribution in [1.29, 1.82) is 0 Å². The van der Waals surface area contributed by atoms with Crippen molar-refractivity contribution in [3.05, 3.63) is 29.6 Å². The van der Waals surface area contributed by atoms with Gasteiger partial charge in [-0.2, -0.15) is 0 Å². The molecule has 0 amide bonds. The second-order valence-electron chi connectivity index (χ2n) is 2.25. The number of aromatic nitrogens is 1. The summed E-state index contributed by atoms with van der Waals surface area (Å²) in [5.74, 6) is 0. The summed E-state index contributed by atoms with van der Waals surface area (Å²) in [7, 11) is 5.45. The summed E-state index contributed by atoms with van der Waals surface area (Å²) in [6.07, 6.45) is 1.57. The molecule has 0 fully saturated rings. The summed E-state index contributed by atoms with van der Waals surface area (Å²) in [5, 5.41) is 17.4. The van der Waals surface area contributed by atoms with E-state index in [4.69, 9.17) is 18.2 Å². The molecule has 0 aromatic carbocycles. The van der Waals surface area contributed by atoms with Crippen molar-refractivity contribution in [2.24, 2.45) is 0 Å². The van der Waals surface area contributed by atoms with Crippen LogP contribution in [0.15, 0.2) is 18.3 Å². The lowest BCUT2D eigenvalue weighted by atomic mass is 10.2. The monoisotopic (exact) mass is 150 g/mol. The summed E-state index contributed by atoms with van der Waals surface area (Å²) in [6, 6.07) is 3.39. The maximum Gasteiger partial charge on any atom is 0.586 e. The molecule has 0 aliphatic rings. The average molecular weight is 150 g/mol. The fourth-order valence-corrected chi connectivity index (χ4v) is 0.822. The van der Waals surface area contributed by atoms with Gasteiger partial charge in [-0.3, -0.25) is 4.48 Å². The van der Waals surface area contributed by atoms with Gasteiger partial charge in [0, 0.05) is 11.6 Å². The Hall–Kier alpha value is -0.865. The van der Waals surface area contributed by atoms with Crippen molar-refractivity contribution >= 4 is 7.98 Å². The zero-order valence-electron chi connectivity index (χ0n) is 6.07. The van der Waals surface area contributed by atoms with E-state index in [0.29, 0.717) is 5.69 Å². The minimum absolute atomic E-state index is 0.0388. The van der Waals surface area contributed by atoms with Gasteiger partial charge in [0.2, 0.25) is 0 Å². The lowest BCUT2D eigenvalue weighted by Crippen LogP contribution is -2.36. The Balaban J connectivity index is 2.99. The number of hydrogen-bond acceptors (Lipinski definition) is 2. The van der Waals surface area contributed by atoms with E-state index in [1.165, 1.54) is 4.48 Å². The molecule has 0 atom stereocenters. The van der Waals surface area contributed by atoms with E-state index in [2.05, 4.69) is 0 Å². The standard InChI is InChI=1S/C7H9BNO2/c8-9-3-6(4-10)1-2-7(9)5-11/h1-3,10-11H,4-5H2/q+1. The van der Waals surface area contributed by atoms with E-state index in [1.807, 2.05) is 0 Å². The van der Waals surface area contributed by atoms with Crippen LogP contribution in [0.5, 0.6) is 0 Å². The summed E-state index contributed by atoms with van der Waals surface area (Å²) >= 11 is 0. The third-order valence-corrected chi connectivity index (χ3v) is 1.47. The molecule has 4 heteroatoms. The van der Waals surface area contributed by atoms with Gasteiger partial charge in [0.1, 0.15) is 12.8 Å². The largest absolute Gasteiger partial charge is 0.586 e. The van der Waals surface area contributed by atoms with Crippen molar-refractivity contribution in [1.82, 2.24) is 0 Å². The summed E-state index contributed by atoms with van der Waals surface area (Å²) in [5.41, 5.74) is 1.34. The van der Waals surface area contributed by atoms with Crippen LogP contribution >= 0.6 is 0 Å². The van der Waals surface area contributed by atoms with Crippen LogP contribution in [0.4, 0.5) is 0 Å². The van der Waals surface area contributed by atoms with Gasteiger partial charge in [0.05, 0.1) is 6.61 Å². The highest BCUT2D eigenvalue weighted by Crippen LogP contribution is 1.96. The lowest BCUT2D eigenvalue weighted by Gasteiger charge is -1.97. The Bertz CT molecular complexity index is 252. The summed E-state index contributed by atoms with van der Waals surface area (Å²) < 4.78 is 1.30. The van der Waals surface area contributed by atoms with Crippen molar-refractivity contribution in [3.8, 4) is 0 Å². The Kier molecular flexibility index (Phi) is 2.62. The quantitative estimate of drug-likeness (QED) is 0.525. The van der Waals surface area contributed by atoms with Crippen LogP contribution in [0.2, 0.25) is 0 Å². The third-order valence-electron chi connectivity index (χ3n) is 1.47. The summed E-state index contributed by atoms with van der Waals surface area (Å²) in [6.45, 7) is -0.134. The van der Waals surface area contributed by atoms with Crippen molar-refractivity contribution in [2.75, 3.05) is 0 Å². The first-order valence-electron chi connectivity index (χ1n) is 3.28. The minimum Gasteiger partial charge on any atom is -0.391 e. The van der Waals surface area contributed by atoms with Gasteiger partial charge in [-0.1, -0.05) is 0 Å². The van der Waals surface area contributed by atoms with Crippen LogP contribution in [0.25, 0.3) is 0 Å². The highest BCUT2D eigenvalue weighted by molar-refractivity contribution is 5.94. The average Bonchev–Trinajstić information content (AvgIpc) is 2.04. The van der Waals surface area contributed by atoms with E-state index in [-0.39, 0.29) is 13.2 Å². The minimum atomic E-state index is -0.0950. The van der Waals surface area contributed by atoms with Crippen LogP contribution in [-0.4, -0.2) is 18.2 Å². The van der Waals surface area contributed by atoms with Gasteiger partial charge in [0.25, 0.3) is 0 Å². The van der Waals surface area contributed by atoms with E-state index in [9.17, 15) is 0 Å². The van der Waals surface area contributed by atoms with Crippen LogP contribution in [-0.2, 0) is 13.2 Å². The zero-order valence-corrected chi connectivity index (χ0v) is 6.07. The number of rotatable bonds is 2. The Morgan fingerprint density at radius 2 is 2.00 bits per heavy atom. The van der Waals surface area contributed by atoms with Crippen LogP contribution in [0.3, 0.4) is 0 Å². The van der Waals surface area contributed by atoms with E-state index in [1.54, 1.807) is 18.3 Å². The maximum atomic E-state index is 8.72. The first-order chi connectivity index (χ1) is 5.27. The first-order valence-corrected chi connectivity index (χ1v) is 3.28. The molecule has 0 bridgehead atoms. The molecule has 0 spiro atoms. The van der Waals surface area contributed by atoms with Crippen molar-refractivity contribution < 1.29 is 14.7 Å². The van der Waals surface area contributed by atoms with Gasteiger partial charge in [-0.05, 0) is 6.07 Å². The van der Waals surface area contributed by atoms with Gasteiger partial charge in [0.15, 0.2) is 5.69 Å². The van der Waals surface area contributed by atoms with Crippen molar-refractivity contribution in [3.63, 3.8) is 0 Å². The fraction of sp³-hybridized carbons (Fsp3) is 0.286. The highest BCUT2D eigenvalue weighted by atomic mass is 16.3. The second-order valence-corrected chi connectivity index (χ2v) is 2.25. The molecular formula is C7H9BNO2+. The molecule has 2 radical (unpaired) electrons. The Morgan fingerprint density at radius 1 is 1.27 bits per heavy atom. The van der Waals surface area contributed by atoms with Gasteiger partial charge < -0.3 is 10.2 Å². The molecule has 1 aromatic heterocycles. The number of aliphatic hydroxyl groups is 2. The molecule has 11 heavy (non-hydrogen) atoms. The van der Waals surface area contributed by atoms with Crippen LogP contribution in [0.1, 0.15) is 11.3 Å². The molecule has 0 saturated carbocycles. The smallest absolute Gasteiger partial charge is 0.391 e. The first kappa shape index (κ1) is 8.23. The normalized spacial score (nSPS) is 10.0. The third kappa shape index (κ3) is 1.79. The van der Waals surface area contributed by atoms with E-state index in [0.717, 1.165) is 5.56 Å². The highest BCUT2D eigenvalue weighted by Gasteiger charge is 2.04. The van der Waals surface area contributed by atoms with E-state index < -0.39 is 0 Å². The molecule has 56 valence electrons. The summed E-state index contributed by atoms with van der Waals surface area (Å²) in [4.78, 5) is 0. The Labute approximate surface area is 66.4 Å². The predicted molar refractivity (Wildman–Crippen MR) is 39.6 cm³/mol. The molecule has 2 N–H and O–H groups in total. The fourth-order valence-electron chi connectivity index (χ4n) is 0.822. The number of aliphatic hydroxyl groups excluding tert-OH is 2. The van der Waals surface area contributed by atoms with Crippen molar-refractivity contribution in [2.45, 2.75) is 13.2 Å². The van der Waals surface area contributed by atoms with Gasteiger partial charge in [-0.25, -0.2) is 0 Å². The number of nitrogens with zero attached hydrogens (tertiary/aromatic N) is 1. The Morgan fingerprint density at radius 3 is 2.45 bits per heavy atom. The molecule has 1 rings (SSSR count). The molecule has 3 nitrogen and oxygen atoms in total. The van der Waals surface area contributed by atoms with Gasteiger partial charge >= 0.3 is 7.98 Å². The molecule has 1 aromatic rings. The van der Waals surface area contributed by atoms with Gasteiger partial charge in [-0.15, -0.1) is 0 Å². The number of pyridine rings is 1. The lowest BCUT2D eigenvalue weighted by molar-refractivity contribution is -0.535. The molecule has 0 saturated heterocycles. The topological polar surface area (TPSA) is 44.3 Å². The molecular weight excluding hydrogens is 141 g/mol. The molecule has 0 unspecified atom stereocenters. The molecule has 0 aliphatic heterocycles. The van der Waals surface area contributed by atoms with Crippen LogP contribution < -0.4 is 4.48 Å². The maximum absolute atomic E-state index is 8.72. The van der Waals surface area contributed by atoms with E-state index >= 15 is 0 Å².